The van der Waals surface area contributed by atoms with Gasteiger partial charge in [-0.1, -0.05) is 64.1 Å². The fourth-order valence-electron chi connectivity index (χ4n) is 5.82. The molecule has 2 saturated heterocycles. The van der Waals surface area contributed by atoms with Gasteiger partial charge in [0.25, 0.3) is 11.6 Å². The van der Waals surface area contributed by atoms with Gasteiger partial charge in [-0.2, -0.15) is 0 Å². The number of benzene rings is 3. The van der Waals surface area contributed by atoms with Crippen molar-refractivity contribution in [1.82, 2.24) is 5.32 Å². The van der Waals surface area contributed by atoms with E-state index in [1.54, 1.807) is 67.6 Å². The summed E-state index contributed by atoms with van der Waals surface area (Å²) in [7, 11) is 1.41. The Morgan fingerprint density at radius 2 is 1.51 bits per heavy atom. The highest BCUT2D eigenvalue weighted by Gasteiger charge is 2.52. The molecule has 16 nitrogen and oxygen atoms in total. The molecule has 17 heteroatoms. The van der Waals surface area contributed by atoms with Crippen molar-refractivity contribution in [2.45, 2.75) is 68.5 Å². The van der Waals surface area contributed by atoms with E-state index in [0.717, 1.165) is 0 Å². The quantitative estimate of drug-likeness (QED) is 0.0369. The van der Waals surface area contributed by atoms with Gasteiger partial charge in [0.2, 0.25) is 0 Å². The minimum absolute atomic E-state index is 0.0450. The van der Waals surface area contributed by atoms with Crippen LogP contribution in [-0.4, -0.2) is 89.5 Å². The fraction of sp³-hybridized carbons (Fsp3) is 0.382. The third-order valence-corrected chi connectivity index (χ3v) is 9.19. The molecule has 0 aliphatic carbocycles. The van der Waals surface area contributed by atoms with Crippen molar-refractivity contribution in [2.24, 2.45) is 5.11 Å². The second-order valence-corrected chi connectivity index (χ2v) is 12.5. The lowest BCUT2D eigenvalue weighted by Crippen LogP contribution is -2.67. The molecule has 2 heterocycles. The van der Waals surface area contributed by atoms with Crippen molar-refractivity contribution in [1.29, 1.82) is 0 Å². The van der Waals surface area contributed by atoms with Gasteiger partial charge < -0.3 is 33.7 Å². The van der Waals surface area contributed by atoms with Crippen LogP contribution in [0, 0.1) is 10.1 Å². The monoisotopic (exact) mass is 815 g/mol. The normalized spacial score (nSPS) is 27.3. The number of nitrogens with zero attached hydrogens (tertiary/aromatic N) is 4. The van der Waals surface area contributed by atoms with E-state index in [4.69, 9.17) is 28.4 Å². The number of carbonyl (C=O) groups excluding carboxylic acids is 3. The smallest absolute Gasteiger partial charge is 0.338 e. The van der Waals surface area contributed by atoms with E-state index >= 15 is 0 Å². The maximum absolute atomic E-state index is 13.5. The maximum Gasteiger partial charge on any atom is 0.338 e. The average molecular weight is 816 g/mol. The van der Waals surface area contributed by atoms with Crippen molar-refractivity contribution < 1.29 is 47.7 Å². The third kappa shape index (κ3) is 9.18. The molecule has 1 amide bonds. The largest absolute Gasteiger partial charge is 0.456 e. The van der Waals surface area contributed by atoms with E-state index in [0.29, 0.717) is 9.99 Å². The third-order valence-electron chi connectivity index (χ3n) is 8.33. The van der Waals surface area contributed by atoms with Crippen LogP contribution in [0.3, 0.4) is 0 Å². The molecule has 0 bridgehead atoms. The number of amides is 1. The number of nitro benzene ring substituents is 1. The SMILES string of the molecule is CO[C@H]1O[C@H](CI)[C@@H](OC(=O)c2ccccc2)[C@H](O[C@H]2C[C@H](N=[N+]=[N-])[C@@H](OC(=O)c3ccc([N+](=O)[O-])cc3)[C@H](C)O2)[C@H]1NC(=O)c1ccccc1. The van der Waals surface area contributed by atoms with Crippen LogP contribution in [0.2, 0.25) is 0 Å². The van der Waals surface area contributed by atoms with Crippen molar-refractivity contribution >= 4 is 46.1 Å². The van der Waals surface area contributed by atoms with E-state index < -0.39 is 78.0 Å². The molecule has 2 aliphatic heterocycles. The molecule has 9 atom stereocenters. The Balaban J connectivity index is 1.42. The summed E-state index contributed by atoms with van der Waals surface area (Å²) in [5, 5.41) is 17.8. The highest BCUT2D eigenvalue weighted by Crippen LogP contribution is 2.34. The number of alkyl halides is 1. The first-order chi connectivity index (χ1) is 24.6. The average Bonchev–Trinajstić information content (AvgIpc) is 3.15. The van der Waals surface area contributed by atoms with Crippen LogP contribution in [0.4, 0.5) is 5.69 Å². The van der Waals surface area contributed by atoms with E-state index in [-0.39, 0.29) is 23.2 Å². The summed E-state index contributed by atoms with van der Waals surface area (Å²) in [6.07, 6.45) is -7.16. The van der Waals surface area contributed by atoms with Gasteiger partial charge in [0, 0.05) is 40.6 Å². The molecule has 0 unspecified atom stereocenters. The number of ether oxygens (including phenoxy) is 6. The van der Waals surface area contributed by atoms with E-state index in [1.807, 2.05) is 0 Å². The molecule has 0 radical (unpaired) electrons. The van der Waals surface area contributed by atoms with Crippen LogP contribution in [0.15, 0.2) is 90.0 Å². The number of nitro groups is 1. The van der Waals surface area contributed by atoms with Crippen molar-refractivity contribution in [3.05, 3.63) is 122 Å². The van der Waals surface area contributed by atoms with E-state index in [1.165, 1.54) is 31.4 Å². The fourth-order valence-corrected chi connectivity index (χ4v) is 6.53. The molecule has 5 rings (SSSR count). The van der Waals surface area contributed by atoms with Gasteiger partial charge in [0.15, 0.2) is 18.7 Å². The molecular formula is C34H34IN5O11. The lowest BCUT2D eigenvalue weighted by atomic mass is 9.95. The van der Waals surface area contributed by atoms with E-state index in [9.17, 15) is 30.0 Å². The first-order valence-corrected chi connectivity index (χ1v) is 17.3. The highest BCUT2D eigenvalue weighted by atomic mass is 127. The Morgan fingerprint density at radius 1 is 0.922 bits per heavy atom. The van der Waals surface area contributed by atoms with Crippen LogP contribution in [0.5, 0.6) is 0 Å². The molecule has 2 fully saturated rings. The lowest BCUT2D eigenvalue weighted by molar-refractivity contribution is -0.384. The number of methoxy groups -OCH3 is 1. The highest BCUT2D eigenvalue weighted by molar-refractivity contribution is 14.1. The van der Waals surface area contributed by atoms with Crippen molar-refractivity contribution in [3.8, 4) is 0 Å². The molecule has 268 valence electrons. The van der Waals surface area contributed by atoms with E-state index in [2.05, 4.69) is 37.9 Å². The summed E-state index contributed by atoms with van der Waals surface area (Å²) in [6.45, 7) is 1.60. The first kappa shape index (κ1) is 37.6. The Bertz CT molecular complexity index is 1660. The summed E-state index contributed by atoms with van der Waals surface area (Å²) in [6, 6.07) is 19.6. The zero-order valence-electron chi connectivity index (χ0n) is 27.4. The Kier molecular flexibility index (Phi) is 12.9. The van der Waals surface area contributed by atoms with Crippen molar-refractivity contribution in [3.63, 3.8) is 0 Å². The summed E-state index contributed by atoms with van der Waals surface area (Å²) in [5.74, 6) is -1.93. The van der Waals surface area contributed by atoms with Crippen LogP contribution in [0.1, 0.15) is 44.4 Å². The predicted octanol–water partition coefficient (Wildman–Crippen LogP) is 5.15. The Labute approximate surface area is 305 Å². The van der Waals surface area contributed by atoms with Gasteiger partial charge in [-0.05, 0) is 48.9 Å². The number of hydrogen-bond donors (Lipinski definition) is 1. The second-order valence-electron chi connectivity index (χ2n) is 11.6. The number of esters is 2. The first-order valence-electron chi connectivity index (χ1n) is 15.8. The summed E-state index contributed by atoms with van der Waals surface area (Å²) in [5.41, 5.74) is 9.91. The minimum atomic E-state index is -1.12. The number of non-ortho nitro benzene ring substituents is 1. The van der Waals surface area contributed by atoms with Gasteiger partial charge in [0.05, 0.1) is 28.2 Å². The molecule has 51 heavy (non-hydrogen) atoms. The molecule has 0 spiro atoms. The van der Waals surface area contributed by atoms with Gasteiger partial charge in [-0.3, -0.25) is 14.9 Å². The zero-order chi connectivity index (χ0) is 36.5. The van der Waals surface area contributed by atoms with Crippen molar-refractivity contribution in [2.75, 3.05) is 11.5 Å². The lowest BCUT2D eigenvalue weighted by Gasteiger charge is -2.47. The molecule has 2 aliphatic rings. The number of azide groups is 1. The van der Waals surface area contributed by atoms with Gasteiger partial charge in [-0.25, -0.2) is 9.59 Å². The minimum Gasteiger partial charge on any atom is -0.456 e. The maximum atomic E-state index is 13.5. The molecular weight excluding hydrogens is 781 g/mol. The molecule has 3 aromatic rings. The number of halogens is 1. The summed E-state index contributed by atoms with van der Waals surface area (Å²) in [4.78, 5) is 53.3. The Hall–Kier alpha value is -4.65. The van der Waals surface area contributed by atoms with Crippen LogP contribution >= 0.6 is 22.6 Å². The molecule has 3 aromatic carbocycles. The molecule has 0 aromatic heterocycles. The predicted molar refractivity (Wildman–Crippen MR) is 187 cm³/mol. The van der Waals surface area contributed by atoms with Crippen LogP contribution in [0.25, 0.3) is 10.4 Å². The zero-order valence-corrected chi connectivity index (χ0v) is 29.5. The van der Waals surface area contributed by atoms with Gasteiger partial charge in [-0.15, -0.1) is 0 Å². The number of rotatable bonds is 12. The van der Waals surface area contributed by atoms with Gasteiger partial charge in [0.1, 0.15) is 24.4 Å². The van der Waals surface area contributed by atoms with Gasteiger partial charge >= 0.3 is 11.9 Å². The molecule has 1 N–H and O–H groups in total. The number of carbonyl (C=O) groups is 3. The molecule has 0 saturated carbocycles. The van der Waals surface area contributed by atoms with Crippen LogP contribution < -0.4 is 5.32 Å². The summed E-state index contributed by atoms with van der Waals surface area (Å²) >= 11 is 2.09. The topological polar surface area (TPSA) is 211 Å². The summed E-state index contributed by atoms with van der Waals surface area (Å²) < 4.78 is 36.7. The van der Waals surface area contributed by atoms with Crippen LogP contribution in [-0.2, 0) is 28.4 Å². The second kappa shape index (κ2) is 17.5. The standard InChI is InChI=1S/C34H34IN5O11/c1-19-28(50-33(43)22-13-15-23(16-14-22)40(44)45)24(38-39-36)17-26(47-19)49-30-27(37-31(41)20-9-5-3-6-10-20)34(46-2)48-25(18-35)29(30)51-32(42)21-11-7-4-8-12-21/h3-16,19,24-30,34H,17-18H2,1-2H3,(H,37,41)/t19-,24-,25+,26-,27+,28-,29+,30+,34-/m0/s1. The number of nitrogens with one attached hydrogen (secondary N) is 1. The number of hydrogen-bond acceptors (Lipinski definition) is 12. The Morgan fingerprint density at radius 3 is 2.08 bits per heavy atom.